The van der Waals surface area contributed by atoms with Gasteiger partial charge in [0.2, 0.25) is 11.8 Å². The second-order valence-electron chi connectivity index (χ2n) is 3.63. The maximum atomic E-state index is 11.4. The summed E-state index contributed by atoms with van der Waals surface area (Å²) in [6.07, 6.45) is 3.63. The Bertz CT molecular complexity index is 241. The van der Waals surface area contributed by atoms with Crippen LogP contribution in [0.15, 0.2) is 12.7 Å². The molecule has 4 N–H and O–H groups in total. The van der Waals surface area contributed by atoms with E-state index < -0.39 is 0 Å². The molecule has 0 aliphatic heterocycles. The molecule has 1 unspecified atom stereocenters. The van der Waals surface area contributed by atoms with Crippen LogP contribution in [0, 0.1) is 0 Å². The molecule has 0 saturated heterocycles. The van der Waals surface area contributed by atoms with Crippen LogP contribution in [0.1, 0.15) is 26.2 Å². The molecule has 0 radical (unpaired) electrons. The van der Waals surface area contributed by atoms with Crippen LogP contribution < -0.4 is 16.4 Å². The van der Waals surface area contributed by atoms with Crippen molar-refractivity contribution < 1.29 is 9.59 Å². The van der Waals surface area contributed by atoms with Gasteiger partial charge in [-0.2, -0.15) is 0 Å². The van der Waals surface area contributed by atoms with Gasteiger partial charge in [-0.25, -0.2) is 0 Å². The van der Waals surface area contributed by atoms with E-state index in [1.165, 1.54) is 0 Å². The van der Waals surface area contributed by atoms with Gasteiger partial charge in [0.15, 0.2) is 0 Å². The Morgan fingerprint density at radius 3 is 2.69 bits per heavy atom. The van der Waals surface area contributed by atoms with Gasteiger partial charge in [0.1, 0.15) is 0 Å². The molecule has 0 bridgehead atoms. The summed E-state index contributed by atoms with van der Waals surface area (Å²) in [6.45, 7) is 6.50. The summed E-state index contributed by atoms with van der Waals surface area (Å²) in [5.41, 5.74) is 5.00. The van der Waals surface area contributed by atoms with Crippen molar-refractivity contribution in [1.29, 1.82) is 0 Å². The Morgan fingerprint density at radius 1 is 1.44 bits per heavy atom. The molecule has 0 saturated carbocycles. The van der Waals surface area contributed by atoms with E-state index in [-0.39, 0.29) is 17.9 Å². The highest BCUT2D eigenvalue weighted by molar-refractivity contribution is 5.81. The van der Waals surface area contributed by atoms with Crippen molar-refractivity contribution in [1.82, 2.24) is 10.6 Å². The molecule has 2 amide bonds. The zero-order valence-corrected chi connectivity index (χ0v) is 9.79. The molecule has 0 spiro atoms. The summed E-state index contributed by atoms with van der Waals surface area (Å²) >= 11 is 0. The Morgan fingerprint density at radius 2 is 2.12 bits per heavy atom. The molecule has 0 heterocycles. The highest BCUT2D eigenvalue weighted by atomic mass is 16.2. The Kier molecular flexibility index (Phi) is 8.15. The summed E-state index contributed by atoms with van der Waals surface area (Å²) in [5.74, 6) is -0.327. The summed E-state index contributed by atoms with van der Waals surface area (Å²) in [6, 6.07) is -0.228. The number of nitrogens with one attached hydrogen (secondary N) is 2. The average molecular weight is 227 g/mol. The number of primary amides is 1. The first-order valence-electron chi connectivity index (χ1n) is 5.48. The van der Waals surface area contributed by atoms with Crippen molar-refractivity contribution in [2.45, 2.75) is 32.2 Å². The molecule has 92 valence electrons. The van der Waals surface area contributed by atoms with E-state index in [0.717, 1.165) is 12.8 Å². The normalized spacial score (nSPS) is 11.8. The van der Waals surface area contributed by atoms with Gasteiger partial charge in [0.25, 0.3) is 0 Å². The molecule has 0 aromatic rings. The van der Waals surface area contributed by atoms with Gasteiger partial charge in [0, 0.05) is 13.0 Å². The molecular formula is C11H21N3O2. The molecule has 5 nitrogen and oxygen atoms in total. The first-order chi connectivity index (χ1) is 7.57. The van der Waals surface area contributed by atoms with E-state index in [2.05, 4.69) is 17.2 Å². The van der Waals surface area contributed by atoms with Gasteiger partial charge in [-0.3, -0.25) is 9.59 Å². The predicted octanol–water partition coefficient (Wildman–Crippen LogP) is -0.0777. The van der Waals surface area contributed by atoms with Gasteiger partial charge in [0.05, 0.1) is 6.04 Å². The van der Waals surface area contributed by atoms with Crippen LogP contribution in [0.25, 0.3) is 0 Å². The number of carbonyl (C=O) groups excluding carboxylic acids is 2. The smallest absolute Gasteiger partial charge is 0.237 e. The lowest BCUT2D eigenvalue weighted by Crippen LogP contribution is -2.42. The molecule has 0 aliphatic rings. The summed E-state index contributed by atoms with van der Waals surface area (Å²) in [7, 11) is 0. The first-order valence-corrected chi connectivity index (χ1v) is 5.48. The molecule has 0 fully saturated rings. The largest absolute Gasteiger partial charge is 0.370 e. The van der Waals surface area contributed by atoms with Crippen molar-refractivity contribution in [3.8, 4) is 0 Å². The predicted molar refractivity (Wildman–Crippen MR) is 63.7 cm³/mol. The highest BCUT2D eigenvalue weighted by Crippen LogP contribution is 1.93. The van der Waals surface area contributed by atoms with Crippen LogP contribution in [0.3, 0.4) is 0 Å². The van der Waals surface area contributed by atoms with Crippen LogP contribution >= 0.6 is 0 Å². The molecule has 0 aliphatic carbocycles. The van der Waals surface area contributed by atoms with E-state index in [4.69, 9.17) is 5.73 Å². The number of amides is 2. The van der Waals surface area contributed by atoms with Crippen LogP contribution in [0.5, 0.6) is 0 Å². The van der Waals surface area contributed by atoms with Crippen LogP contribution in [0.2, 0.25) is 0 Å². The third-order valence-corrected chi connectivity index (χ3v) is 2.11. The second-order valence-corrected chi connectivity index (χ2v) is 3.63. The van der Waals surface area contributed by atoms with Gasteiger partial charge < -0.3 is 16.4 Å². The molecule has 1 atom stereocenters. The first kappa shape index (κ1) is 14.6. The number of hydrogen-bond donors (Lipinski definition) is 3. The van der Waals surface area contributed by atoms with Crippen LogP contribution in [0.4, 0.5) is 0 Å². The van der Waals surface area contributed by atoms with E-state index in [1.807, 2.05) is 0 Å². The topological polar surface area (TPSA) is 84.2 Å². The summed E-state index contributed by atoms with van der Waals surface area (Å²) in [5, 5.41) is 5.76. The van der Waals surface area contributed by atoms with Gasteiger partial charge in [-0.05, 0) is 26.3 Å². The molecular weight excluding hydrogens is 206 g/mol. The van der Waals surface area contributed by atoms with E-state index in [1.54, 1.807) is 13.0 Å². The van der Waals surface area contributed by atoms with Gasteiger partial charge >= 0.3 is 0 Å². The Balaban J connectivity index is 3.49. The third kappa shape index (κ3) is 7.99. The summed E-state index contributed by atoms with van der Waals surface area (Å²) in [4.78, 5) is 21.8. The molecule has 0 aromatic heterocycles. The van der Waals surface area contributed by atoms with Crippen molar-refractivity contribution in [2.75, 3.05) is 13.1 Å². The minimum absolute atomic E-state index is 0.0465. The quantitative estimate of drug-likeness (QED) is 0.380. The van der Waals surface area contributed by atoms with E-state index in [9.17, 15) is 9.59 Å². The minimum Gasteiger partial charge on any atom is -0.370 e. The van der Waals surface area contributed by atoms with Crippen molar-refractivity contribution in [2.24, 2.45) is 5.73 Å². The SMILES string of the molecule is C=CCNC(=O)C(C)NCCCCC(N)=O. The maximum absolute atomic E-state index is 11.4. The van der Waals surface area contributed by atoms with Crippen molar-refractivity contribution in [3.05, 3.63) is 12.7 Å². The molecule has 0 aromatic carbocycles. The van der Waals surface area contributed by atoms with E-state index >= 15 is 0 Å². The van der Waals surface area contributed by atoms with Gasteiger partial charge in [-0.1, -0.05) is 6.08 Å². The second kappa shape index (κ2) is 8.91. The third-order valence-electron chi connectivity index (χ3n) is 2.11. The zero-order valence-electron chi connectivity index (χ0n) is 9.79. The van der Waals surface area contributed by atoms with E-state index in [0.29, 0.717) is 19.5 Å². The fourth-order valence-corrected chi connectivity index (χ4v) is 1.16. The highest BCUT2D eigenvalue weighted by Gasteiger charge is 2.09. The van der Waals surface area contributed by atoms with Crippen LogP contribution in [-0.4, -0.2) is 30.9 Å². The van der Waals surface area contributed by atoms with Crippen LogP contribution in [-0.2, 0) is 9.59 Å². The lowest BCUT2D eigenvalue weighted by Gasteiger charge is -2.12. The molecule has 5 heteroatoms. The monoisotopic (exact) mass is 227 g/mol. The number of nitrogens with two attached hydrogens (primary N) is 1. The number of carbonyl (C=O) groups is 2. The fraction of sp³-hybridized carbons (Fsp3) is 0.636. The fourth-order valence-electron chi connectivity index (χ4n) is 1.16. The standard InChI is InChI=1S/C11H21N3O2/c1-3-7-14-11(16)9(2)13-8-5-4-6-10(12)15/h3,9,13H,1,4-8H2,2H3,(H2,12,15)(H,14,16). The van der Waals surface area contributed by atoms with Crippen molar-refractivity contribution >= 4 is 11.8 Å². The molecule has 16 heavy (non-hydrogen) atoms. The van der Waals surface area contributed by atoms with Crippen molar-refractivity contribution in [3.63, 3.8) is 0 Å². The Hall–Kier alpha value is -1.36. The Labute approximate surface area is 96.5 Å². The van der Waals surface area contributed by atoms with Gasteiger partial charge in [-0.15, -0.1) is 6.58 Å². The summed E-state index contributed by atoms with van der Waals surface area (Å²) < 4.78 is 0. The zero-order chi connectivity index (χ0) is 12.4. The lowest BCUT2D eigenvalue weighted by molar-refractivity contribution is -0.122. The maximum Gasteiger partial charge on any atom is 0.237 e. The lowest BCUT2D eigenvalue weighted by atomic mass is 10.2. The average Bonchev–Trinajstić information content (AvgIpc) is 2.24. The number of hydrogen-bond acceptors (Lipinski definition) is 3. The number of rotatable bonds is 9. The number of unbranched alkanes of at least 4 members (excludes halogenated alkanes) is 1. The molecule has 0 rings (SSSR count). The minimum atomic E-state index is -0.281.